The van der Waals surface area contributed by atoms with Gasteiger partial charge in [-0.15, -0.1) is 0 Å². The first-order valence-corrected chi connectivity index (χ1v) is 10.1. The van der Waals surface area contributed by atoms with Crippen LogP contribution in [0.25, 0.3) is 0 Å². The minimum absolute atomic E-state index is 0.00763. The Kier molecular flexibility index (Phi) is 7.59. The van der Waals surface area contributed by atoms with Gasteiger partial charge in [0.25, 0.3) is 5.91 Å². The number of carbonyl (C=O) groups excluding carboxylic acids is 2. The fraction of sp³-hybridized carbons (Fsp3) is 0.391. The molecular weight excluding hydrogens is 400 g/mol. The van der Waals surface area contributed by atoms with Crippen LogP contribution < -0.4 is 24.3 Å². The van der Waals surface area contributed by atoms with Gasteiger partial charge in [-0.3, -0.25) is 9.59 Å². The molecule has 0 aromatic heterocycles. The predicted molar refractivity (Wildman–Crippen MR) is 116 cm³/mol. The number of nitrogens with zero attached hydrogens (tertiary/aromatic N) is 1. The van der Waals surface area contributed by atoms with Crippen LogP contribution in [0.15, 0.2) is 42.5 Å². The number of para-hydroxylation sites is 1. The molecule has 166 valence electrons. The summed E-state index contributed by atoms with van der Waals surface area (Å²) in [5, 5.41) is 2.92. The summed E-state index contributed by atoms with van der Waals surface area (Å²) in [5.74, 6) is 1.71. The van der Waals surface area contributed by atoms with E-state index in [1.807, 2.05) is 30.3 Å². The van der Waals surface area contributed by atoms with Crippen LogP contribution in [-0.2, 0) is 9.59 Å². The van der Waals surface area contributed by atoms with Gasteiger partial charge in [-0.05, 0) is 25.0 Å². The Morgan fingerprint density at radius 3 is 2.13 bits per heavy atom. The molecule has 0 unspecified atom stereocenters. The summed E-state index contributed by atoms with van der Waals surface area (Å²) < 4.78 is 21.5. The van der Waals surface area contributed by atoms with Crippen LogP contribution in [0.4, 0.5) is 5.69 Å². The van der Waals surface area contributed by atoms with Gasteiger partial charge in [0, 0.05) is 36.8 Å². The first-order chi connectivity index (χ1) is 15.0. The highest BCUT2D eigenvalue weighted by atomic mass is 16.5. The van der Waals surface area contributed by atoms with Crippen LogP contribution in [0.2, 0.25) is 0 Å². The highest BCUT2D eigenvalue weighted by Crippen LogP contribution is 2.40. The number of nitrogens with one attached hydrogen (secondary N) is 1. The number of amides is 2. The lowest BCUT2D eigenvalue weighted by atomic mass is 9.95. The van der Waals surface area contributed by atoms with Gasteiger partial charge in [-0.25, -0.2) is 0 Å². The quantitative estimate of drug-likeness (QED) is 0.696. The lowest BCUT2D eigenvalue weighted by Gasteiger charge is -2.31. The third-order valence-corrected chi connectivity index (χ3v) is 5.26. The van der Waals surface area contributed by atoms with Crippen LogP contribution in [0.3, 0.4) is 0 Å². The number of hydrogen-bond donors (Lipinski definition) is 1. The van der Waals surface area contributed by atoms with Crippen molar-refractivity contribution in [2.75, 3.05) is 46.3 Å². The third kappa shape index (κ3) is 5.59. The second-order valence-corrected chi connectivity index (χ2v) is 7.16. The molecule has 31 heavy (non-hydrogen) atoms. The first-order valence-electron chi connectivity index (χ1n) is 10.1. The molecule has 1 N–H and O–H groups in total. The fourth-order valence-electron chi connectivity index (χ4n) is 3.54. The second-order valence-electron chi connectivity index (χ2n) is 7.16. The Hall–Kier alpha value is -3.42. The molecule has 2 amide bonds. The predicted octanol–water partition coefficient (Wildman–Crippen LogP) is 2.97. The Labute approximate surface area is 182 Å². The van der Waals surface area contributed by atoms with E-state index in [2.05, 4.69) is 5.32 Å². The van der Waals surface area contributed by atoms with Gasteiger partial charge in [0.1, 0.15) is 5.75 Å². The Morgan fingerprint density at radius 1 is 0.968 bits per heavy atom. The molecule has 1 aliphatic heterocycles. The molecule has 8 heteroatoms. The van der Waals surface area contributed by atoms with E-state index < -0.39 is 0 Å². The van der Waals surface area contributed by atoms with Crippen molar-refractivity contribution in [2.24, 2.45) is 5.92 Å². The van der Waals surface area contributed by atoms with Crippen molar-refractivity contribution in [1.29, 1.82) is 0 Å². The normalized spacial score (nSPS) is 14.0. The zero-order valence-corrected chi connectivity index (χ0v) is 18.1. The van der Waals surface area contributed by atoms with Crippen LogP contribution in [-0.4, -0.2) is 57.7 Å². The number of anilines is 1. The van der Waals surface area contributed by atoms with Gasteiger partial charge in [0.15, 0.2) is 18.1 Å². The molecule has 0 radical (unpaired) electrons. The molecule has 1 fully saturated rings. The molecule has 1 aliphatic rings. The van der Waals surface area contributed by atoms with Gasteiger partial charge in [-0.1, -0.05) is 18.2 Å². The Bertz CT molecular complexity index is 869. The van der Waals surface area contributed by atoms with E-state index >= 15 is 0 Å². The smallest absolute Gasteiger partial charge is 0.260 e. The summed E-state index contributed by atoms with van der Waals surface area (Å²) in [7, 11) is 4.58. The third-order valence-electron chi connectivity index (χ3n) is 5.26. The largest absolute Gasteiger partial charge is 0.493 e. The highest BCUT2D eigenvalue weighted by molar-refractivity contribution is 5.93. The van der Waals surface area contributed by atoms with E-state index in [0.717, 1.165) is 0 Å². The molecule has 0 saturated carbocycles. The van der Waals surface area contributed by atoms with E-state index in [-0.39, 0.29) is 24.3 Å². The van der Waals surface area contributed by atoms with Crippen molar-refractivity contribution in [1.82, 2.24) is 4.90 Å². The van der Waals surface area contributed by atoms with Gasteiger partial charge < -0.3 is 29.2 Å². The average Bonchev–Trinajstić information content (AvgIpc) is 2.82. The van der Waals surface area contributed by atoms with Crippen LogP contribution in [0.1, 0.15) is 12.8 Å². The number of benzene rings is 2. The number of ether oxygens (including phenoxy) is 4. The molecule has 1 heterocycles. The standard InChI is InChI=1S/C23H28N2O6/c1-28-19-13-17(14-20(29-2)22(19)30-3)24-23(27)16-9-11-25(12-10-16)21(26)15-31-18-7-5-4-6-8-18/h4-8,13-14,16H,9-12,15H2,1-3H3,(H,24,27). The minimum Gasteiger partial charge on any atom is -0.493 e. The molecule has 0 aliphatic carbocycles. The van der Waals surface area contributed by atoms with E-state index in [1.165, 1.54) is 21.3 Å². The minimum atomic E-state index is -0.182. The number of carbonyl (C=O) groups is 2. The summed E-state index contributed by atoms with van der Waals surface area (Å²) in [6.45, 7) is 1.03. The zero-order chi connectivity index (χ0) is 22.2. The lowest BCUT2D eigenvalue weighted by molar-refractivity contribution is -0.136. The average molecular weight is 428 g/mol. The summed E-state index contributed by atoms with van der Waals surface area (Å²) >= 11 is 0. The molecule has 2 aromatic rings. The molecule has 3 rings (SSSR count). The fourth-order valence-corrected chi connectivity index (χ4v) is 3.54. The summed E-state index contributed by atoms with van der Waals surface area (Å²) in [6, 6.07) is 12.6. The summed E-state index contributed by atoms with van der Waals surface area (Å²) in [4.78, 5) is 26.9. The van der Waals surface area contributed by atoms with Crippen LogP contribution >= 0.6 is 0 Å². The maximum absolute atomic E-state index is 12.8. The van der Waals surface area contributed by atoms with Crippen LogP contribution in [0, 0.1) is 5.92 Å². The number of rotatable bonds is 8. The van der Waals surface area contributed by atoms with Crippen molar-refractivity contribution in [3.63, 3.8) is 0 Å². The zero-order valence-electron chi connectivity index (χ0n) is 18.1. The number of likely N-dealkylation sites (tertiary alicyclic amines) is 1. The lowest BCUT2D eigenvalue weighted by Crippen LogP contribution is -2.43. The molecular formula is C23H28N2O6. The molecule has 0 atom stereocenters. The maximum Gasteiger partial charge on any atom is 0.260 e. The summed E-state index contributed by atoms with van der Waals surface area (Å²) in [6.07, 6.45) is 1.18. The van der Waals surface area contributed by atoms with Crippen molar-refractivity contribution in [2.45, 2.75) is 12.8 Å². The first kappa shape index (κ1) is 22.3. The van der Waals surface area contributed by atoms with Crippen molar-refractivity contribution < 1.29 is 28.5 Å². The topological polar surface area (TPSA) is 86.3 Å². The Morgan fingerprint density at radius 2 is 1.58 bits per heavy atom. The van der Waals surface area contributed by atoms with Crippen molar-refractivity contribution in [3.05, 3.63) is 42.5 Å². The second kappa shape index (κ2) is 10.6. The van der Waals surface area contributed by atoms with Crippen molar-refractivity contribution in [3.8, 4) is 23.0 Å². The monoisotopic (exact) mass is 428 g/mol. The Balaban J connectivity index is 1.53. The van der Waals surface area contributed by atoms with E-state index in [4.69, 9.17) is 18.9 Å². The SMILES string of the molecule is COc1cc(NC(=O)C2CCN(C(=O)COc3ccccc3)CC2)cc(OC)c1OC. The maximum atomic E-state index is 12.8. The van der Waals surface area contributed by atoms with Gasteiger partial charge >= 0.3 is 0 Å². The van der Waals surface area contributed by atoms with Crippen LogP contribution in [0.5, 0.6) is 23.0 Å². The molecule has 0 spiro atoms. The number of piperidine rings is 1. The van der Waals surface area contributed by atoms with Gasteiger partial charge in [-0.2, -0.15) is 0 Å². The number of hydrogen-bond acceptors (Lipinski definition) is 6. The van der Waals surface area contributed by atoms with Gasteiger partial charge in [0.2, 0.25) is 11.7 Å². The highest BCUT2D eigenvalue weighted by Gasteiger charge is 2.28. The molecule has 1 saturated heterocycles. The molecule has 0 bridgehead atoms. The van der Waals surface area contributed by atoms with E-state index in [1.54, 1.807) is 17.0 Å². The molecule has 8 nitrogen and oxygen atoms in total. The van der Waals surface area contributed by atoms with Crippen molar-refractivity contribution >= 4 is 17.5 Å². The van der Waals surface area contributed by atoms with E-state index in [0.29, 0.717) is 54.6 Å². The number of methoxy groups -OCH3 is 3. The molecule has 2 aromatic carbocycles. The van der Waals surface area contributed by atoms with Gasteiger partial charge in [0.05, 0.1) is 21.3 Å². The summed E-state index contributed by atoms with van der Waals surface area (Å²) in [5.41, 5.74) is 0.564. The van der Waals surface area contributed by atoms with E-state index in [9.17, 15) is 9.59 Å².